The molecular formula is C11H18ClHgN+. The van der Waals surface area contributed by atoms with E-state index in [2.05, 4.69) is 51.4 Å². The van der Waals surface area contributed by atoms with Crippen molar-refractivity contribution in [2.24, 2.45) is 0 Å². The second-order valence-corrected chi connectivity index (χ2v) is 3.90. The molecule has 0 spiro atoms. The molecule has 0 aromatic heterocycles. The maximum atomic E-state index is 4.83. The predicted molar refractivity (Wildman–Crippen MR) is 58.6 cm³/mol. The van der Waals surface area contributed by atoms with E-state index in [1.165, 1.54) is 12.1 Å². The van der Waals surface area contributed by atoms with Crippen LogP contribution in [0.15, 0.2) is 30.3 Å². The molecule has 0 bridgehead atoms. The fraction of sp³-hybridized carbons (Fsp3) is 0.455. The minimum atomic E-state index is 0.500. The minimum absolute atomic E-state index is 0.500. The number of hydrogen-bond acceptors (Lipinski definition) is 0. The van der Waals surface area contributed by atoms with Crippen molar-refractivity contribution in [2.45, 2.75) is 13.5 Å². The predicted octanol–water partition coefficient (Wildman–Crippen LogP) is 2.97. The maximum absolute atomic E-state index is 4.83. The van der Waals surface area contributed by atoms with E-state index in [-0.39, 0.29) is 0 Å². The van der Waals surface area contributed by atoms with Crippen LogP contribution in [0.1, 0.15) is 12.5 Å². The normalized spacial score (nSPS) is 10.4. The molecule has 0 unspecified atom stereocenters. The van der Waals surface area contributed by atoms with E-state index in [4.69, 9.17) is 8.25 Å². The van der Waals surface area contributed by atoms with Crippen LogP contribution < -0.4 is 0 Å². The van der Waals surface area contributed by atoms with E-state index in [0.717, 1.165) is 11.0 Å². The second-order valence-electron chi connectivity index (χ2n) is 3.90. The molecule has 0 atom stereocenters. The Morgan fingerprint density at radius 2 is 1.64 bits per heavy atom. The van der Waals surface area contributed by atoms with Crippen LogP contribution in [-0.4, -0.2) is 25.1 Å². The molecule has 1 aromatic carbocycles. The second kappa shape index (κ2) is 7.66. The Hall–Kier alpha value is 0.405. The third kappa shape index (κ3) is 6.00. The average Bonchev–Trinajstić information content (AvgIpc) is 2.22. The molecule has 0 aliphatic carbocycles. The quantitative estimate of drug-likeness (QED) is 0.541. The fourth-order valence-corrected chi connectivity index (χ4v) is 1.19. The van der Waals surface area contributed by atoms with E-state index in [1.54, 1.807) is 0 Å². The third-order valence-corrected chi connectivity index (χ3v) is 2.31. The van der Waals surface area contributed by atoms with Crippen molar-refractivity contribution >= 4 is 8.25 Å². The number of halogens is 1. The van der Waals surface area contributed by atoms with Gasteiger partial charge in [-0.1, -0.05) is 30.3 Å². The Bertz CT molecular complexity index is 236. The monoisotopic (exact) mass is 401 g/mol. The number of hydrogen-bond donors (Lipinski definition) is 0. The Morgan fingerprint density at radius 3 is 2.07 bits per heavy atom. The van der Waals surface area contributed by atoms with Crippen molar-refractivity contribution in [1.82, 2.24) is 0 Å². The van der Waals surface area contributed by atoms with E-state index in [9.17, 15) is 0 Å². The zero-order chi connectivity index (χ0) is 11.0. The molecule has 0 fully saturated rings. The molecule has 1 aromatic rings. The number of nitrogens with zero attached hydrogens (tertiary/aromatic N) is 1. The van der Waals surface area contributed by atoms with Gasteiger partial charge in [0.15, 0.2) is 0 Å². The molecule has 0 heterocycles. The van der Waals surface area contributed by atoms with Gasteiger partial charge in [0.25, 0.3) is 0 Å². The summed E-state index contributed by atoms with van der Waals surface area (Å²) in [5.74, 6) is 0. The summed E-state index contributed by atoms with van der Waals surface area (Å²) in [7, 11) is 9.35. The summed E-state index contributed by atoms with van der Waals surface area (Å²) in [6, 6.07) is 10.6. The molecule has 75 valence electrons. The van der Waals surface area contributed by atoms with Crippen LogP contribution in [0.3, 0.4) is 0 Å². The molecule has 1 rings (SSSR count). The van der Waals surface area contributed by atoms with Gasteiger partial charge in [0.05, 0.1) is 20.6 Å². The summed E-state index contributed by atoms with van der Waals surface area (Å²) in [6.45, 7) is 4.52. The average molecular weight is 400 g/mol. The van der Waals surface area contributed by atoms with Crippen LogP contribution in [0.2, 0.25) is 0 Å². The van der Waals surface area contributed by atoms with Gasteiger partial charge >= 0.3 is 33.1 Å². The SMILES string of the molecule is CC[N+](C)(C)Cc1ccccc1.[Cl][Hg]. The summed E-state index contributed by atoms with van der Waals surface area (Å²) in [6.07, 6.45) is 0. The van der Waals surface area contributed by atoms with Crippen molar-refractivity contribution in [3.63, 3.8) is 0 Å². The molecule has 1 nitrogen and oxygen atoms in total. The van der Waals surface area contributed by atoms with Crippen molar-refractivity contribution in [3.8, 4) is 0 Å². The Balaban J connectivity index is 0.000000791. The standard InChI is InChI=1S/C11H18N.ClH.Hg/c1-4-12(2,3)10-11-8-6-5-7-9-11;;/h5-9H,4,10H2,1-3H3;1H;/q+1;;+1/p-1. The van der Waals surface area contributed by atoms with Gasteiger partial charge in [-0.15, -0.1) is 0 Å². The Kier molecular flexibility index (Phi) is 7.89. The van der Waals surface area contributed by atoms with Crippen molar-refractivity contribution < 1.29 is 29.4 Å². The van der Waals surface area contributed by atoms with Crippen LogP contribution in [0.4, 0.5) is 0 Å². The van der Waals surface area contributed by atoms with Crippen LogP contribution in [0, 0.1) is 0 Å². The van der Waals surface area contributed by atoms with Crippen LogP contribution in [0.25, 0.3) is 0 Å². The summed E-state index contributed by atoms with van der Waals surface area (Å²) in [5, 5.41) is 0. The summed E-state index contributed by atoms with van der Waals surface area (Å²) < 4.78 is 1.06. The first-order chi connectivity index (χ1) is 6.64. The molecule has 3 heteroatoms. The van der Waals surface area contributed by atoms with Gasteiger partial charge in [-0.25, -0.2) is 0 Å². The van der Waals surface area contributed by atoms with Crippen LogP contribution in [0.5, 0.6) is 0 Å². The van der Waals surface area contributed by atoms with Gasteiger partial charge in [0.1, 0.15) is 6.54 Å². The van der Waals surface area contributed by atoms with E-state index in [0.29, 0.717) is 24.9 Å². The van der Waals surface area contributed by atoms with Crippen molar-refractivity contribution in [3.05, 3.63) is 35.9 Å². The van der Waals surface area contributed by atoms with Gasteiger partial charge < -0.3 is 4.48 Å². The first-order valence-electron chi connectivity index (χ1n) is 4.77. The first kappa shape index (κ1) is 14.4. The van der Waals surface area contributed by atoms with E-state index in [1.807, 2.05) is 0 Å². The molecule has 0 radical (unpaired) electrons. The molecule has 0 saturated carbocycles. The molecule has 0 aliphatic rings. The van der Waals surface area contributed by atoms with Gasteiger partial charge in [-0.3, -0.25) is 0 Å². The summed E-state index contributed by atoms with van der Waals surface area (Å²) >= 11 is 0.500. The molecule has 0 N–H and O–H groups in total. The van der Waals surface area contributed by atoms with Gasteiger partial charge in [-0.2, -0.15) is 0 Å². The van der Waals surface area contributed by atoms with Crippen molar-refractivity contribution in [2.75, 3.05) is 20.6 Å². The molecule has 0 saturated heterocycles. The van der Waals surface area contributed by atoms with E-state index >= 15 is 0 Å². The number of benzene rings is 1. The van der Waals surface area contributed by atoms with Gasteiger partial charge in [0, 0.05) is 5.56 Å². The van der Waals surface area contributed by atoms with Gasteiger partial charge in [-0.05, 0) is 6.92 Å². The first-order valence-corrected chi connectivity index (χ1v) is 11.5. The molecular weight excluding hydrogens is 382 g/mol. The molecule has 14 heavy (non-hydrogen) atoms. The van der Waals surface area contributed by atoms with Crippen molar-refractivity contribution in [1.29, 1.82) is 0 Å². The molecule has 0 amide bonds. The zero-order valence-corrected chi connectivity index (χ0v) is 15.6. The van der Waals surface area contributed by atoms with Crippen LogP contribution >= 0.6 is 8.25 Å². The third-order valence-electron chi connectivity index (χ3n) is 2.31. The Labute approximate surface area is 107 Å². The summed E-state index contributed by atoms with van der Waals surface area (Å²) in [5.41, 5.74) is 1.42. The summed E-state index contributed by atoms with van der Waals surface area (Å²) in [4.78, 5) is 0. The van der Waals surface area contributed by atoms with E-state index < -0.39 is 0 Å². The topological polar surface area (TPSA) is 0 Å². The molecule has 0 aliphatic heterocycles. The Morgan fingerprint density at radius 1 is 1.14 bits per heavy atom. The fourth-order valence-electron chi connectivity index (χ4n) is 1.19. The number of quaternary nitrogens is 1. The van der Waals surface area contributed by atoms with Gasteiger partial charge in [0.2, 0.25) is 0 Å². The zero-order valence-electron chi connectivity index (χ0n) is 9.33. The number of rotatable bonds is 3. The van der Waals surface area contributed by atoms with Crippen LogP contribution in [-0.2, 0) is 31.4 Å².